The van der Waals surface area contributed by atoms with E-state index in [2.05, 4.69) is 19.9 Å². The van der Waals surface area contributed by atoms with Gasteiger partial charge in [-0.1, -0.05) is 0 Å². The van der Waals surface area contributed by atoms with Gasteiger partial charge in [0.1, 0.15) is 11.3 Å². The van der Waals surface area contributed by atoms with Crippen LogP contribution in [0.3, 0.4) is 0 Å². The number of fused-ring (bicyclic) bond motifs is 1. The highest BCUT2D eigenvalue weighted by Crippen LogP contribution is 2.16. The van der Waals surface area contributed by atoms with Crippen molar-refractivity contribution in [3.8, 4) is 5.75 Å². The van der Waals surface area contributed by atoms with Crippen LogP contribution in [-0.4, -0.2) is 34.1 Å². The van der Waals surface area contributed by atoms with Crippen LogP contribution in [0.1, 0.15) is 11.3 Å². The van der Waals surface area contributed by atoms with Crippen molar-refractivity contribution in [2.24, 2.45) is 0 Å². The Morgan fingerprint density at radius 3 is 2.83 bits per heavy atom. The van der Waals surface area contributed by atoms with E-state index in [1.165, 1.54) is 7.11 Å². The van der Waals surface area contributed by atoms with Gasteiger partial charge in [0, 0.05) is 37.7 Å². The number of ether oxygens (including phenoxy) is 1. The number of aryl methyl sites for hydroxylation is 1. The number of pyridine rings is 2. The van der Waals surface area contributed by atoms with E-state index >= 15 is 0 Å². The van der Waals surface area contributed by atoms with Gasteiger partial charge in [-0.05, 0) is 19.1 Å². The molecule has 118 valence electrons. The summed E-state index contributed by atoms with van der Waals surface area (Å²) in [7, 11) is 3.37. The molecule has 23 heavy (non-hydrogen) atoms. The van der Waals surface area contributed by atoms with Crippen LogP contribution < -0.4 is 15.1 Å². The highest BCUT2D eigenvalue weighted by molar-refractivity contribution is 5.71. The average Bonchev–Trinajstić information content (AvgIpc) is 2.57. The molecule has 0 fully saturated rings. The van der Waals surface area contributed by atoms with Gasteiger partial charge in [-0.15, -0.1) is 0 Å². The third kappa shape index (κ3) is 2.85. The number of nitrogens with zero attached hydrogens (tertiary/aromatic N) is 4. The minimum atomic E-state index is -0.115. The van der Waals surface area contributed by atoms with E-state index < -0.39 is 0 Å². The third-order valence-corrected chi connectivity index (χ3v) is 3.62. The van der Waals surface area contributed by atoms with Crippen molar-refractivity contribution in [1.29, 1.82) is 0 Å². The van der Waals surface area contributed by atoms with Crippen LogP contribution in [0.4, 0.5) is 5.82 Å². The maximum absolute atomic E-state index is 12.4. The summed E-state index contributed by atoms with van der Waals surface area (Å²) in [6.45, 7) is 2.21. The molecule has 7 heteroatoms. The van der Waals surface area contributed by atoms with Crippen molar-refractivity contribution in [2.45, 2.75) is 13.5 Å². The normalized spacial score (nSPS) is 10.7. The fourth-order valence-electron chi connectivity index (χ4n) is 2.40. The first-order chi connectivity index (χ1) is 11.1. The number of rotatable bonds is 4. The van der Waals surface area contributed by atoms with Gasteiger partial charge >= 0.3 is 0 Å². The summed E-state index contributed by atoms with van der Waals surface area (Å²) < 4.78 is 5.17. The SMILES string of the molecule is COc1c(C)[nH]cc(CN(C)c2ccc3nccnc3n2)c1=O. The van der Waals surface area contributed by atoms with Crippen LogP contribution in [-0.2, 0) is 6.54 Å². The first-order valence-electron chi connectivity index (χ1n) is 7.14. The molecule has 0 aromatic carbocycles. The second kappa shape index (κ2) is 6.04. The van der Waals surface area contributed by atoms with Crippen LogP contribution in [0.25, 0.3) is 11.2 Å². The highest BCUT2D eigenvalue weighted by atomic mass is 16.5. The molecular weight excluding hydrogens is 294 g/mol. The molecule has 1 N–H and O–H groups in total. The lowest BCUT2D eigenvalue weighted by Crippen LogP contribution is -2.24. The molecule has 3 rings (SSSR count). The molecule has 0 amide bonds. The minimum absolute atomic E-state index is 0.115. The quantitative estimate of drug-likeness (QED) is 0.789. The number of hydrogen-bond acceptors (Lipinski definition) is 6. The molecule has 0 aliphatic carbocycles. The molecule has 0 radical (unpaired) electrons. The van der Waals surface area contributed by atoms with Gasteiger partial charge in [-0.2, -0.15) is 0 Å². The molecule has 3 aromatic rings. The molecule has 7 nitrogen and oxygen atoms in total. The molecule has 0 bridgehead atoms. The van der Waals surface area contributed by atoms with Crippen molar-refractivity contribution >= 4 is 17.0 Å². The Morgan fingerprint density at radius 1 is 1.26 bits per heavy atom. The number of aromatic nitrogens is 4. The third-order valence-electron chi connectivity index (χ3n) is 3.62. The monoisotopic (exact) mass is 311 g/mol. The van der Waals surface area contributed by atoms with E-state index in [1.807, 2.05) is 24.1 Å². The summed E-state index contributed by atoms with van der Waals surface area (Å²) in [5.74, 6) is 1.06. The summed E-state index contributed by atoms with van der Waals surface area (Å²) >= 11 is 0. The van der Waals surface area contributed by atoms with Gasteiger partial charge in [0.2, 0.25) is 5.43 Å². The zero-order valence-electron chi connectivity index (χ0n) is 13.2. The van der Waals surface area contributed by atoms with Crippen molar-refractivity contribution in [3.63, 3.8) is 0 Å². The number of aromatic amines is 1. The van der Waals surface area contributed by atoms with Crippen molar-refractivity contribution in [1.82, 2.24) is 19.9 Å². The molecule has 3 heterocycles. The average molecular weight is 311 g/mol. The van der Waals surface area contributed by atoms with Crippen LogP contribution >= 0.6 is 0 Å². The Hall–Kier alpha value is -2.96. The standard InChI is InChI=1S/C16H17N5O2/c1-10-15(23-3)14(22)11(8-19-10)9-21(2)13-5-4-12-16(20-13)18-7-6-17-12/h4-8H,9H2,1-3H3,(H,19,22). The summed E-state index contributed by atoms with van der Waals surface area (Å²) in [5, 5.41) is 0. The molecule has 0 aliphatic rings. The molecule has 0 atom stereocenters. The maximum Gasteiger partial charge on any atom is 0.228 e. The molecule has 0 unspecified atom stereocenters. The highest BCUT2D eigenvalue weighted by Gasteiger charge is 2.12. The molecule has 0 saturated carbocycles. The zero-order chi connectivity index (χ0) is 16.4. The van der Waals surface area contributed by atoms with E-state index in [4.69, 9.17) is 4.74 Å². The predicted octanol–water partition coefficient (Wildman–Crippen LogP) is 1.67. The summed E-state index contributed by atoms with van der Waals surface area (Å²) in [4.78, 5) is 30.2. The predicted molar refractivity (Wildman–Crippen MR) is 87.8 cm³/mol. The first kappa shape index (κ1) is 15.0. The lowest BCUT2D eigenvalue weighted by molar-refractivity contribution is 0.404. The van der Waals surface area contributed by atoms with Gasteiger partial charge in [-0.25, -0.2) is 9.97 Å². The van der Waals surface area contributed by atoms with Gasteiger partial charge in [0.15, 0.2) is 11.4 Å². The molecule has 0 aliphatic heterocycles. The Morgan fingerprint density at radius 2 is 2.04 bits per heavy atom. The summed E-state index contributed by atoms with van der Waals surface area (Å²) in [6.07, 6.45) is 4.94. The summed E-state index contributed by atoms with van der Waals surface area (Å²) in [6, 6.07) is 3.72. The van der Waals surface area contributed by atoms with Crippen molar-refractivity contribution < 1.29 is 4.74 Å². The van der Waals surface area contributed by atoms with E-state index in [0.717, 1.165) is 11.3 Å². The smallest absolute Gasteiger partial charge is 0.228 e. The lowest BCUT2D eigenvalue weighted by atomic mass is 10.2. The van der Waals surface area contributed by atoms with Crippen LogP contribution in [0.2, 0.25) is 0 Å². The summed E-state index contributed by atoms with van der Waals surface area (Å²) in [5.41, 5.74) is 2.52. The largest absolute Gasteiger partial charge is 0.491 e. The fraction of sp³-hybridized carbons (Fsp3) is 0.250. The number of H-pyrrole nitrogens is 1. The molecular formula is C16H17N5O2. The topological polar surface area (TPSA) is 84.0 Å². The second-order valence-electron chi connectivity index (χ2n) is 5.23. The van der Waals surface area contributed by atoms with Crippen LogP contribution in [0.5, 0.6) is 5.75 Å². The Balaban J connectivity index is 1.91. The minimum Gasteiger partial charge on any atom is -0.491 e. The second-order valence-corrected chi connectivity index (χ2v) is 5.23. The molecule has 3 aromatic heterocycles. The fourth-order valence-corrected chi connectivity index (χ4v) is 2.40. The Labute approximate surface area is 133 Å². The first-order valence-corrected chi connectivity index (χ1v) is 7.14. The van der Waals surface area contributed by atoms with E-state index in [9.17, 15) is 4.79 Å². The molecule has 0 saturated heterocycles. The zero-order valence-corrected chi connectivity index (χ0v) is 13.2. The maximum atomic E-state index is 12.4. The number of nitrogens with one attached hydrogen (secondary N) is 1. The van der Waals surface area contributed by atoms with E-state index in [0.29, 0.717) is 29.2 Å². The van der Waals surface area contributed by atoms with E-state index in [1.54, 1.807) is 25.5 Å². The Bertz CT molecular complexity index is 906. The van der Waals surface area contributed by atoms with Crippen LogP contribution in [0.15, 0.2) is 35.5 Å². The molecule has 0 spiro atoms. The van der Waals surface area contributed by atoms with Crippen molar-refractivity contribution in [2.75, 3.05) is 19.1 Å². The van der Waals surface area contributed by atoms with Gasteiger partial charge < -0.3 is 14.6 Å². The van der Waals surface area contributed by atoms with E-state index in [-0.39, 0.29) is 5.43 Å². The van der Waals surface area contributed by atoms with Gasteiger partial charge in [-0.3, -0.25) is 9.78 Å². The van der Waals surface area contributed by atoms with Gasteiger partial charge in [0.25, 0.3) is 0 Å². The number of methoxy groups -OCH3 is 1. The Kier molecular flexibility index (Phi) is 3.92. The van der Waals surface area contributed by atoms with Crippen molar-refractivity contribution in [3.05, 3.63) is 52.2 Å². The lowest BCUT2D eigenvalue weighted by Gasteiger charge is -2.18. The van der Waals surface area contributed by atoms with Gasteiger partial charge in [0.05, 0.1) is 12.8 Å². The number of hydrogen-bond donors (Lipinski definition) is 1. The van der Waals surface area contributed by atoms with Crippen LogP contribution in [0, 0.1) is 6.92 Å². The number of anilines is 1.